The SMILES string of the molecule is N#Cc1ccc(Nc2cc(Cl)ccc2Cl)c(F)c1Br. The normalized spacial score (nSPS) is 10.1. The Kier molecular flexibility index (Phi) is 4.31. The highest BCUT2D eigenvalue weighted by Crippen LogP contribution is 2.32. The van der Waals surface area contributed by atoms with Crippen LogP contribution in [-0.2, 0) is 0 Å². The predicted octanol–water partition coefficient (Wildman–Crippen LogP) is 5.51. The van der Waals surface area contributed by atoms with Gasteiger partial charge in [0, 0.05) is 5.02 Å². The van der Waals surface area contributed by atoms with Gasteiger partial charge < -0.3 is 5.32 Å². The topological polar surface area (TPSA) is 35.8 Å². The van der Waals surface area contributed by atoms with Crippen molar-refractivity contribution in [1.82, 2.24) is 0 Å². The number of rotatable bonds is 2. The molecule has 0 heterocycles. The fourth-order valence-corrected chi connectivity index (χ4v) is 2.24. The van der Waals surface area contributed by atoms with Crippen molar-refractivity contribution in [1.29, 1.82) is 5.26 Å². The zero-order valence-electron chi connectivity index (χ0n) is 9.35. The van der Waals surface area contributed by atoms with E-state index in [0.29, 0.717) is 15.7 Å². The van der Waals surface area contributed by atoms with E-state index in [1.165, 1.54) is 12.1 Å². The minimum absolute atomic E-state index is 0.109. The Balaban J connectivity index is 2.42. The van der Waals surface area contributed by atoms with Crippen LogP contribution in [-0.4, -0.2) is 0 Å². The van der Waals surface area contributed by atoms with Gasteiger partial charge in [-0.05, 0) is 46.3 Å². The van der Waals surface area contributed by atoms with Crippen LogP contribution in [0.2, 0.25) is 10.0 Å². The molecule has 2 aromatic rings. The van der Waals surface area contributed by atoms with E-state index in [1.54, 1.807) is 18.2 Å². The van der Waals surface area contributed by atoms with Gasteiger partial charge in [0.2, 0.25) is 0 Å². The monoisotopic (exact) mass is 358 g/mol. The highest BCUT2D eigenvalue weighted by molar-refractivity contribution is 9.10. The zero-order chi connectivity index (χ0) is 14.0. The van der Waals surface area contributed by atoms with Crippen LogP contribution in [0.25, 0.3) is 0 Å². The van der Waals surface area contributed by atoms with Crippen molar-refractivity contribution in [3.05, 3.63) is 56.2 Å². The second-order valence-electron chi connectivity index (χ2n) is 3.65. The Labute approximate surface area is 127 Å². The molecule has 0 bridgehead atoms. The molecule has 0 radical (unpaired) electrons. The summed E-state index contributed by atoms with van der Waals surface area (Å²) in [6.07, 6.45) is 0. The fraction of sp³-hybridized carbons (Fsp3) is 0. The van der Waals surface area contributed by atoms with Crippen molar-refractivity contribution in [2.45, 2.75) is 0 Å². The molecule has 0 aliphatic rings. The molecule has 0 fully saturated rings. The van der Waals surface area contributed by atoms with Crippen LogP contribution in [0.4, 0.5) is 15.8 Å². The Morgan fingerprint density at radius 3 is 2.58 bits per heavy atom. The molecule has 0 aromatic heterocycles. The van der Waals surface area contributed by atoms with Gasteiger partial charge in [-0.3, -0.25) is 0 Å². The van der Waals surface area contributed by atoms with Crippen LogP contribution in [0.3, 0.4) is 0 Å². The Morgan fingerprint density at radius 1 is 1.16 bits per heavy atom. The molecule has 2 rings (SSSR count). The maximum absolute atomic E-state index is 14.0. The van der Waals surface area contributed by atoms with Crippen molar-refractivity contribution in [3.63, 3.8) is 0 Å². The lowest BCUT2D eigenvalue weighted by Gasteiger charge is -2.11. The van der Waals surface area contributed by atoms with Crippen LogP contribution in [0.15, 0.2) is 34.8 Å². The molecule has 0 unspecified atom stereocenters. The number of hydrogen-bond donors (Lipinski definition) is 1. The van der Waals surface area contributed by atoms with E-state index in [-0.39, 0.29) is 15.7 Å². The maximum Gasteiger partial charge on any atom is 0.162 e. The smallest absolute Gasteiger partial charge is 0.162 e. The lowest BCUT2D eigenvalue weighted by Crippen LogP contribution is -1.96. The Hall–Kier alpha value is -1.28. The summed E-state index contributed by atoms with van der Waals surface area (Å²) in [4.78, 5) is 0. The highest BCUT2D eigenvalue weighted by atomic mass is 79.9. The van der Waals surface area contributed by atoms with Gasteiger partial charge in [-0.2, -0.15) is 5.26 Å². The molecule has 96 valence electrons. The van der Waals surface area contributed by atoms with E-state index in [2.05, 4.69) is 21.2 Å². The number of nitrogens with zero attached hydrogens (tertiary/aromatic N) is 1. The summed E-state index contributed by atoms with van der Waals surface area (Å²) in [5.74, 6) is -0.560. The summed E-state index contributed by atoms with van der Waals surface area (Å²) in [6, 6.07) is 9.71. The van der Waals surface area contributed by atoms with Crippen molar-refractivity contribution in [2.24, 2.45) is 0 Å². The average Bonchev–Trinajstić information content (AvgIpc) is 2.39. The second-order valence-corrected chi connectivity index (χ2v) is 5.29. The molecule has 0 saturated carbocycles. The molecule has 6 heteroatoms. The van der Waals surface area contributed by atoms with Crippen LogP contribution in [0.1, 0.15) is 5.56 Å². The van der Waals surface area contributed by atoms with E-state index < -0.39 is 5.82 Å². The first-order valence-corrected chi connectivity index (χ1v) is 6.68. The van der Waals surface area contributed by atoms with Gasteiger partial charge in [0.05, 0.1) is 26.4 Å². The van der Waals surface area contributed by atoms with Crippen molar-refractivity contribution in [3.8, 4) is 6.07 Å². The lowest BCUT2D eigenvalue weighted by molar-refractivity contribution is 0.624. The molecule has 0 saturated heterocycles. The Bertz CT molecular complexity index is 683. The number of halogens is 4. The van der Waals surface area contributed by atoms with Crippen molar-refractivity contribution in [2.75, 3.05) is 5.32 Å². The molecule has 19 heavy (non-hydrogen) atoms. The first-order valence-electron chi connectivity index (χ1n) is 5.13. The fourth-order valence-electron chi connectivity index (χ4n) is 1.47. The quantitative estimate of drug-likeness (QED) is 0.767. The van der Waals surface area contributed by atoms with Crippen molar-refractivity contribution < 1.29 is 4.39 Å². The standard InChI is InChI=1S/C13H6BrCl2FN2/c14-12-7(6-18)1-4-10(13(12)17)19-11-5-8(15)2-3-9(11)16/h1-5,19H. The van der Waals surface area contributed by atoms with E-state index >= 15 is 0 Å². The number of hydrogen-bond acceptors (Lipinski definition) is 2. The van der Waals surface area contributed by atoms with Crippen LogP contribution < -0.4 is 5.32 Å². The second kappa shape index (κ2) is 5.79. The molecular weight excluding hydrogens is 354 g/mol. The van der Waals surface area contributed by atoms with Gasteiger partial charge in [-0.1, -0.05) is 23.2 Å². The first-order chi connectivity index (χ1) is 9.02. The molecule has 2 aromatic carbocycles. The summed E-state index contributed by atoms with van der Waals surface area (Å²) >= 11 is 14.9. The molecule has 1 N–H and O–H groups in total. The van der Waals surface area contributed by atoms with Crippen LogP contribution >= 0.6 is 39.1 Å². The minimum Gasteiger partial charge on any atom is -0.352 e. The van der Waals surface area contributed by atoms with Gasteiger partial charge in [0.1, 0.15) is 6.07 Å². The van der Waals surface area contributed by atoms with Crippen molar-refractivity contribution >= 4 is 50.5 Å². The predicted molar refractivity (Wildman–Crippen MR) is 78.6 cm³/mol. The number of nitriles is 1. The molecule has 0 spiro atoms. The highest BCUT2D eigenvalue weighted by Gasteiger charge is 2.12. The van der Waals surface area contributed by atoms with Gasteiger partial charge in [0.25, 0.3) is 0 Å². The Morgan fingerprint density at radius 2 is 1.89 bits per heavy atom. The third kappa shape index (κ3) is 3.01. The van der Waals surface area contributed by atoms with Crippen LogP contribution in [0.5, 0.6) is 0 Å². The van der Waals surface area contributed by atoms with E-state index in [1.807, 2.05) is 6.07 Å². The summed E-state index contributed by atoms with van der Waals surface area (Å²) in [7, 11) is 0. The number of anilines is 2. The van der Waals surface area contributed by atoms with Gasteiger partial charge in [-0.25, -0.2) is 4.39 Å². The summed E-state index contributed by atoms with van der Waals surface area (Å²) in [5, 5.41) is 12.5. The van der Waals surface area contributed by atoms with Gasteiger partial charge >= 0.3 is 0 Å². The molecular formula is C13H6BrCl2FN2. The van der Waals surface area contributed by atoms with E-state index in [9.17, 15) is 4.39 Å². The largest absolute Gasteiger partial charge is 0.352 e. The number of nitrogens with one attached hydrogen (secondary N) is 1. The molecule has 0 atom stereocenters. The summed E-state index contributed by atoms with van der Waals surface area (Å²) in [6.45, 7) is 0. The van der Waals surface area contributed by atoms with Gasteiger partial charge in [0.15, 0.2) is 5.82 Å². The minimum atomic E-state index is -0.560. The zero-order valence-corrected chi connectivity index (χ0v) is 12.4. The third-order valence-electron chi connectivity index (χ3n) is 2.40. The van der Waals surface area contributed by atoms with E-state index in [4.69, 9.17) is 28.5 Å². The third-order valence-corrected chi connectivity index (χ3v) is 3.74. The first kappa shape index (κ1) is 14.1. The molecule has 0 aliphatic heterocycles. The van der Waals surface area contributed by atoms with E-state index in [0.717, 1.165) is 0 Å². The summed E-state index contributed by atoms with van der Waals surface area (Å²) < 4.78 is 14.1. The molecule has 2 nitrogen and oxygen atoms in total. The maximum atomic E-state index is 14.0. The number of benzene rings is 2. The average molecular weight is 360 g/mol. The molecule has 0 aliphatic carbocycles. The van der Waals surface area contributed by atoms with Gasteiger partial charge in [-0.15, -0.1) is 0 Å². The molecule has 0 amide bonds. The summed E-state index contributed by atoms with van der Waals surface area (Å²) in [5.41, 5.74) is 0.917. The lowest BCUT2D eigenvalue weighted by atomic mass is 10.2. The van der Waals surface area contributed by atoms with Crippen LogP contribution in [0, 0.1) is 17.1 Å².